The number of anilines is 1. The fourth-order valence-electron chi connectivity index (χ4n) is 4.77. The van der Waals surface area contributed by atoms with Crippen LogP contribution in [-0.2, 0) is 26.0 Å². The van der Waals surface area contributed by atoms with E-state index in [2.05, 4.69) is 16.4 Å². The lowest BCUT2D eigenvalue weighted by atomic mass is 10.1. The molecule has 1 N–H and O–H groups in total. The monoisotopic (exact) mass is 558 g/mol. The molecule has 1 amide bonds. The molecule has 0 aliphatic carbocycles. The van der Waals surface area contributed by atoms with Crippen LogP contribution in [0.1, 0.15) is 29.5 Å². The van der Waals surface area contributed by atoms with Gasteiger partial charge in [-0.05, 0) is 73.7 Å². The molecular formula is C30H30N4O5S. The Hall–Kier alpha value is -4.04. The molecule has 40 heavy (non-hydrogen) atoms. The van der Waals surface area contributed by atoms with E-state index in [0.717, 1.165) is 16.7 Å². The second-order valence-electron chi connectivity index (χ2n) is 9.86. The number of carbonyl (C=O) groups excluding carboxylic acids is 1. The largest absolute Gasteiger partial charge is 0.436 e. The Labute approximate surface area is 233 Å². The summed E-state index contributed by atoms with van der Waals surface area (Å²) in [5.41, 5.74) is 4.98. The third-order valence-corrected chi connectivity index (χ3v) is 8.83. The summed E-state index contributed by atoms with van der Waals surface area (Å²) < 4.78 is 38.7. The normalized spacial score (nSPS) is 14.7. The number of piperidine rings is 1. The zero-order valence-corrected chi connectivity index (χ0v) is 23.0. The Morgan fingerprint density at radius 2 is 1.85 bits per heavy atom. The highest BCUT2D eigenvalue weighted by Gasteiger charge is 2.28. The van der Waals surface area contributed by atoms with Crippen molar-refractivity contribution in [2.45, 2.75) is 32.3 Å². The van der Waals surface area contributed by atoms with Gasteiger partial charge in [0.05, 0.1) is 23.5 Å². The van der Waals surface area contributed by atoms with E-state index in [0.29, 0.717) is 60.6 Å². The van der Waals surface area contributed by atoms with E-state index < -0.39 is 10.0 Å². The predicted molar refractivity (Wildman–Crippen MR) is 152 cm³/mol. The molecule has 0 radical (unpaired) electrons. The Bertz CT molecular complexity index is 1640. The third-order valence-electron chi connectivity index (χ3n) is 6.96. The van der Waals surface area contributed by atoms with Crippen molar-refractivity contribution in [1.82, 2.24) is 9.29 Å². The van der Waals surface area contributed by atoms with E-state index >= 15 is 0 Å². The number of fused-ring (bicyclic) bond motifs is 1. The molecule has 2 heterocycles. The molecule has 0 atom stereocenters. The molecule has 1 aliphatic heterocycles. The molecule has 10 heteroatoms. The molecule has 4 aromatic rings. The highest BCUT2D eigenvalue weighted by atomic mass is 32.2. The zero-order chi connectivity index (χ0) is 28.1. The Kier molecular flexibility index (Phi) is 8.26. The molecule has 9 nitrogen and oxygen atoms in total. The number of ether oxygens (including phenoxy) is 1. The number of amides is 1. The Morgan fingerprint density at radius 3 is 2.55 bits per heavy atom. The van der Waals surface area contributed by atoms with Gasteiger partial charge in [-0.1, -0.05) is 30.3 Å². The van der Waals surface area contributed by atoms with Crippen LogP contribution in [0, 0.1) is 18.3 Å². The van der Waals surface area contributed by atoms with E-state index in [1.807, 2.05) is 37.3 Å². The molecule has 3 aromatic carbocycles. The fraction of sp³-hybridized carbons (Fsp3) is 0.300. The molecule has 0 saturated carbocycles. The van der Waals surface area contributed by atoms with E-state index in [-0.39, 0.29) is 24.4 Å². The van der Waals surface area contributed by atoms with E-state index in [9.17, 15) is 18.5 Å². The Morgan fingerprint density at radius 1 is 1.12 bits per heavy atom. The molecular weight excluding hydrogens is 528 g/mol. The van der Waals surface area contributed by atoms with Crippen LogP contribution in [0.5, 0.6) is 0 Å². The first-order chi connectivity index (χ1) is 19.3. The summed E-state index contributed by atoms with van der Waals surface area (Å²) in [5, 5.41) is 12.0. The number of hydrogen-bond acceptors (Lipinski definition) is 7. The summed E-state index contributed by atoms with van der Waals surface area (Å²) in [7, 11) is -3.34. The summed E-state index contributed by atoms with van der Waals surface area (Å²) in [4.78, 5) is 17.0. The molecule has 0 bridgehead atoms. The molecule has 1 aliphatic rings. The van der Waals surface area contributed by atoms with E-state index in [4.69, 9.17) is 9.15 Å². The van der Waals surface area contributed by atoms with Gasteiger partial charge in [0.2, 0.25) is 21.8 Å². The average molecular weight is 559 g/mol. The first kappa shape index (κ1) is 27.5. The number of oxazole rings is 1. The van der Waals surface area contributed by atoms with Crippen LogP contribution >= 0.6 is 0 Å². The second kappa shape index (κ2) is 12.0. The van der Waals surface area contributed by atoms with Gasteiger partial charge in [0.25, 0.3) is 0 Å². The van der Waals surface area contributed by atoms with E-state index in [1.165, 1.54) is 4.31 Å². The van der Waals surface area contributed by atoms with Crippen molar-refractivity contribution in [1.29, 1.82) is 5.26 Å². The summed E-state index contributed by atoms with van der Waals surface area (Å²) in [5.74, 6) is 0.229. The van der Waals surface area contributed by atoms with Crippen molar-refractivity contribution in [2.75, 3.05) is 30.8 Å². The van der Waals surface area contributed by atoms with Gasteiger partial charge in [0, 0.05) is 24.3 Å². The van der Waals surface area contributed by atoms with Gasteiger partial charge < -0.3 is 14.5 Å². The van der Waals surface area contributed by atoms with Gasteiger partial charge in [0.15, 0.2) is 5.58 Å². The number of sulfonamides is 1. The average Bonchev–Trinajstić information content (AvgIpc) is 3.41. The van der Waals surface area contributed by atoms with Crippen molar-refractivity contribution in [2.24, 2.45) is 0 Å². The minimum absolute atomic E-state index is 0.0813. The lowest BCUT2D eigenvalue weighted by Crippen LogP contribution is -2.42. The summed E-state index contributed by atoms with van der Waals surface area (Å²) in [6.07, 6.45) is 1.41. The van der Waals surface area contributed by atoms with Crippen molar-refractivity contribution in [3.63, 3.8) is 0 Å². The number of hydrogen-bond donors (Lipinski definition) is 1. The lowest BCUT2D eigenvalue weighted by Gasteiger charge is -2.31. The van der Waals surface area contributed by atoms with Gasteiger partial charge in [-0.3, -0.25) is 4.79 Å². The van der Waals surface area contributed by atoms with Crippen molar-refractivity contribution < 1.29 is 22.4 Å². The smallest absolute Gasteiger partial charge is 0.250 e. The van der Waals surface area contributed by atoms with Crippen molar-refractivity contribution in [3.05, 3.63) is 83.4 Å². The van der Waals surface area contributed by atoms with Gasteiger partial charge in [-0.25, -0.2) is 17.7 Å². The quantitative estimate of drug-likeness (QED) is 0.316. The van der Waals surface area contributed by atoms with Gasteiger partial charge >= 0.3 is 0 Å². The molecule has 1 saturated heterocycles. The maximum atomic E-state index is 12.7. The molecule has 1 aromatic heterocycles. The SMILES string of the molecule is Cc1cc(C#N)cc2nc(-c3ccc(NC(=O)COC4CCN(S(=O)(=O)CCc5ccccc5)CC4)cc3)oc12. The minimum Gasteiger partial charge on any atom is -0.436 e. The summed E-state index contributed by atoms with van der Waals surface area (Å²) >= 11 is 0. The first-order valence-electron chi connectivity index (χ1n) is 13.2. The van der Waals surface area contributed by atoms with Gasteiger partial charge in [0.1, 0.15) is 12.1 Å². The number of aromatic nitrogens is 1. The van der Waals surface area contributed by atoms with Crippen LogP contribution in [0.25, 0.3) is 22.6 Å². The predicted octanol–water partition coefficient (Wildman–Crippen LogP) is 4.67. The van der Waals surface area contributed by atoms with Crippen molar-refractivity contribution in [3.8, 4) is 17.5 Å². The molecule has 0 unspecified atom stereocenters. The first-order valence-corrected chi connectivity index (χ1v) is 14.8. The van der Waals surface area contributed by atoms with E-state index in [1.54, 1.807) is 36.4 Å². The number of rotatable bonds is 9. The van der Waals surface area contributed by atoms with Gasteiger partial charge in [-0.2, -0.15) is 5.26 Å². The second-order valence-corrected chi connectivity index (χ2v) is 11.9. The zero-order valence-electron chi connectivity index (χ0n) is 22.2. The fourth-order valence-corrected chi connectivity index (χ4v) is 6.29. The number of aryl methyl sites for hydroxylation is 2. The number of nitrogens with zero attached hydrogens (tertiary/aromatic N) is 3. The van der Waals surface area contributed by atoms with Gasteiger partial charge in [-0.15, -0.1) is 0 Å². The number of carbonyl (C=O) groups is 1. The third kappa shape index (κ3) is 6.57. The molecule has 5 rings (SSSR count). The lowest BCUT2D eigenvalue weighted by molar-refractivity contribution is -0.123. The molecule has 0 spiro atoms. The summed E-state index contributed by atoms with van der Waals surface area (Å²) in [6, 6.07) is 22.3. The number of nitrogens with one attached hydrogen (secondary N) is 1. The standard InChI is InChI=1S/C30H30N4O5S/c1-21-17-23(19-31)18-27-29(21)39-30(33-27)24-7-9-25(10-8-24)32-28(35)20-38-26-11-14-34(15-12-26)40(36,37)16-13-22-5-3-2-4-6-22/h2-10,17-18,26H,11-16,20H2,1H3,(H,32,35). The summed E-state index contributed by atoms with van der Waals surface area (Å²) in [6.45, 7) is 2.53. The van der Waals surface area contributed by atoms with Crippen molar-refractivity contribution >= 4 is 32.7 Å². The van der Waals surface area contributed by atoms with Crippen LogP contribution in [0.15, 0.2) is 71.1 Å². The minimum atomic E-state index is -3.34. The van der Waals surface area contributed by atoms with Crippen LogP contribution in [0.3, 0.4) is 0 Å². The van der Waals surface area contributed by atoms with Crippen LogP contribution < -0.4 is 5.32 Å². The highest BCUT2D eigenvalue weighted by Crippen LogP contribution is 2.28. The maximum absolute atomic E-state index is 12.7. The highest BCUT2D eigenvalue weighted by molar-refractivity contribution is 7.89. The number of nitriles is 1. The number of benzene rings is 3. The van der Waals surface area contributed by atoms with Crippen LogP contribution in [0.4, 0.5) is 5.69 Å². The Balaban J connectivity index is 1.08. The molecule has 206 valence electrons. The van der Waals surface area contributed by atoms with Crippen LogP contribution in [0.2, 0.25) is 0 Å². The maximum Gasteiger partial charge on any atom is 0.250 e. The molecule has 1 fully saturated rings. The topological polar surface area (TPSA) is 126 Å². The van der Waals surface area contributed by atoms with Crippen LogP contribution in [-0.4, -0.2) is 55.2 Å².